The summed E-state index contributed by atoms with van der Waals surface area (Å²) in [6, 6.07) is 5.27. The highest BCUT2D eigenvalue weighted by atomic mass is 32.2. The molecule has 0 saturated carbocycles. The van der Waals surface area contributed by atoms with Crippen LogP contribution in [0.2, 0.25) is 0 Å². The lowest BCUT2D eigenvalue weighted by Gasteiger charge is -2.17. The molecule has 2 aliphatic rings. The maximum atomic E-state index is 12.7. The van der Waals surface area contributed by atoms with E-state index in [1.54, 1.807) is 30.0 Å². The number of carbonyl (C=O) groups excluding carboxylic acids is 3. The van der Waals surface area contributed by atoms with Gasteiger partial charge in [0.15, 0.2) is 16.6 Å². The van der Waals surface area contributed by atoms with Crippen LogP contribution in [-0.4, -0.2) is 41.8 Å². The number of hydrogen-bond donors (Lipinski definition) is 2. The van der Waals surface area contributed by atoms with Crippen LogP contribution in [-0.2, 0) is 14.4 Å². The van der Waals surface area contributed by atoms with Crippen LogP contribution < -0.4 is 25.4 Å². The maximum Gasteiger partial charge on any atom is 0.231 e. The number of hydrogen-bond acceptors (Lipinski definition) is 8. The molecule has 2 aliphatic heterocycles. The predicted molar refractivity (Wildman–Crippen MR) is 108 cm³/mol. The molecule has 152 valence electrons. The van der Waals surface area contributed by atoms with Crippen LogP contribution in [0.15, 0.2) is 22.4 Å². The Morgan fingerprint density at radius 1 is 1.38 bits per heavy atom. The third kappa shape index (κ3) is 4.15. The van der Waals surface area contributed by atoms with Gasteiger partial charge in [-0.2, -0.15) is 0 Å². The molecule has 1 atom stereocenters. The number of nitrogens with one attached hydrogen (secondary N) is 1. The third-order valence-corrected chi connectivity index (χ3v) is 6.95. The molecule has 1 unspecified atom stereocenters. The molecular formula is C18H18N4O5S2. The SMILES string of the molecule is Cc1nc(NC(=O)C2CC(=O)N(c3ccc4c(c3)OCO4)C2)sc1SCC(N)=O. The van der Waals surface area contributed by atoms with Gasteiger partial charge >= 0.3 is 0 Å². The lowest BCUT2D eigenvalue weighted by Crippen LogP contribution is -2.28. The monoisotopic (exact) mass is 434 g/mol. The van der Waals surface area contributed by atoms with Crippen LogP contribution in [0.1, 0.15) is 12.1 Å². The number of carbonyl (C=O) groups is 3. The Balaban J connectivity index is 1.41. The number of nitrogens with zero attached hydrogens (tertiary/aromatic N) is 2. The molecule has 1 aromatic carbocycles. The molecule has 2 aromatic rings. The molecular weight excluding hydrogens is 416 g/mol. The van der Waals surface area contributed by atoms with Crippen LogP contribution in [0, 0.1) is 12.8 Å². The van der Waals surface area contributed by atoms with Gasteiger partial charge in [-0.15, -0.1) is 11.8 Å². The molecule has 0 aliphatic carbocycles. The highest BCUT2D eigenvalue weighted by Gasteiger charge is 2.36. The van der Waals surface area contributed by atoms with E-state index in [0.29, 0.717) is 22.3 Å². The van der Waals surface area contributed by atoms with E-state index in [2.05, 4.69) is 10.3 Å². The summed E-state index contributed by atoms with van der Waals surface area (Å²) in [5.41, 5.74) is 6.56. The number of anilines is 2. The number of primary amides is 1. The zero-order valence-electron chi connectivity index (χ0n) is 15.5. The molecule has 3 amide bonds. The van der Waals surface area contributed by atoms with E-state index in [-0.39, 0.29) is 37.3 Å². The van der Waals surface area contributed by atoms with Crippen molar-refractivity contribution in [2.45, 2.75) is 17.6 Å². The van der Waals surface area contributed by atoms with Crippen molar-refractivity contribution in [3.05, 3.63) is 23.9 Å². The summed E-state index contributed by atoms with van der Waals surface area (Å²) in [6.07, 6.45) is 0.119. The molecule has 1 saturated heterocycles. The number of nitrogens with two attached hydrogens (primary N) is 1. The van der Waals surface area contributed by atoms with E-state index >= 15 is 0 Å². The Morgan fingerprint density at radius 2 is 2.17 bits per heavy atom. The van der Waals surface area contributed by atoms with Gasteiger partial charge in [-0.25, -0.2) is 4.98 Å². The molecule has 9 nitrogen and oxygen atoms in total. The number of rotatable bonds is 6. The van der Waals surface area contributed by atoms with Crippen molar-refractivity contribution in [2.24, 2.45) is 11.7 Å². The van der Waals surface area contributed by atoms with E-state index in [9.17, 15) is 14.4 Å². The van der Waals surface area contributed by atoms with Crippen molar-refractivity contribution >= 4 is 51.6 Å². The summed E-state index contributed by atoms with van der Waals surface area (Å²) >= 11 is 2.57. The number of thioether (sulfide) groups is 1. The van der Waals surface area contributed by atoms with E-state index in [1.165, 1.54) is 23.1 Å². The molecule has 0 radical (unpaired) electrons. The van der Waals surface area contributed by atoms with Crippen molar-refractivity contribution in [3.8, 4) is 11.5 Å². The van der Waals surface area contributed by atoms with Crippen molar-refractivity contribution in [1.82, 2.24) is 4.98 Å². The van der Waals surface area contributed by atoms with Gasteiger partial charge in [0.2, 0.25) is 24.5 Å². The Bertz CT molecular complexity index is 993. The van der Waals surface area contributed by atoms with Crippen LogP contribution in [0.3, 0.4) is 0 Å². The van der Waals surface area contributed by atoms with Crippen molar-refractivity contribution in [1.29, 1.82) is 0 Å². The predicted octanol–water partition coefficient (Wildman–Crippen LogP) is 1.75. The fourth-order valence-electron chi connectivity index (χ4n) is 3.10. The van der Waals surface area contributed by atoms with Crippen LogP contribution >= 0.6 is 23.1 Å². The quantitative estimate of drug-likeness (QED) is 0.664. The second kappa shape index (κ2) is 7.91. The van der Waals surface area contributed by atoms with E-state index in [1.807, 2.05) is 0 Å². The highest BCUT2D eigenvalue weighted by molar-refractivity contribution is 8.01. The Morgan fingerprint density at radius 3 is 2.97 bits per heavy atom. The molecule has 11 heteroatoms. The van der Waals surface area contributed by atoms with Gasteiger partial charge in [-0.1, -0.05) is 11.3 Å². The lowest BCUT2D eigenvalue weighted by molar-refractivity contribution is -0.122. The largest absolute Gasteiger partial charge is 0.454 e. The lowest BCUT2D eigenvalue weighted by atomic mass is 10.1. The Hall–Kier alpha value is -2.79. The number of benzene rings is 1. The summed E-state index contributed by atoms with van der Waals surface area (Å²) in [5, 5.41) is 3.22. The van der Waals surface area contributed by atoms with Crippen molar-refractivity contribution < 1.29 is 23.9 Å². The number of aromatic nitrogens is 1. The minimum absolute atomic E-state index is 0.119. The van der Waals surface area contributed by atoms with E-state index in [4.69, 9.17) is 15.2 Å². The summed E-state index contributed by atoms with van der Waals surface area (Å²) < 4.78 is 11.5. The number of aryl methyl sites for hydroxylation is 1. The molecule has 0 spiro atoms. The molecule has 3 heterocycles. The summed E-state index contributed by atoms with van der Waals surface area (Å²) in [7, 11) is 0. The van der Waals surface area contributed by atoms with Gasteiger partial charge in [0.25, 0.3) is 0 Å². The standard InChI is InChI=1S/C18H18N4O5S2/c1-9-17(28-7-14(19)23)29-18(20-9)21-16(25)10-4-15(24)22(6-10)11-2-3-12-13(5-11)27-8-26-12/h2-3,5,10H,4,6-8H2,1H3,(H2,19,23)(H,20,21,25). The minimum Gasteiger partial charge on any atom is -0.454 e. The summed E-state index contributed by atoms with van der Waals surface area (Å²) in [6.45, 7) is 2.23. The molecule has 29 heavy (non-hydrogen) atoms. The molecule has 4 rings (SSSR count). The minimum atomic E-state index is -0.487. The zero-order chi connectivity index (χ0) is 20.5. The Kier molecular flexibility index (Phi) is 5.33. The van der Waals surface area contributed by atoms with Gasteiger partial charge in [-0.3, -0.25) is 14.4 Å². The van der Waals surface area contributed by atoms with Gasteiger partial charge in [-0.05, 0) is 19.1 Å². The van der Waals surface area contributed by atoms with Crippen LogP contribution in [0.25, 0.3) is 0 Å². The molecule has 3 N–H and O–H groups in total. The van der Waals surface area contributed by atoms with Crippen LogP contribution in [0.5, 0.6) is 11.5 Å². The van der Waals surface area contributed by atoms with Gasteiger partial charge in [0, 0.05) is 24.7 Å². The van der Waals surface area contributed by atoms with Gasteiger partial charge < -0.3 is 25.4 Å². The first-order valence-electron chi connectivity index (χ1n) is 8.80. The summed E-state index contributed by atoms with van der Waals surface area (Å²) in [5.74, 6) is 0.0818. The fraction of sp³-hybridized carbons (Fsp3) is 0.333. The van der Waals surface area contributed by atoms with Crippen LogP contribution in [0.4, 0.5) is 10.8 Å². The summed E-state index contributed by atoms with van der Waals surface area (Å²) in [4.78, 5) is 42.0. The first-order valence-corrected chi connectivity index (χ1v) is 10.6. The number of amides is 3. The molecule has 0 bridgehead atoms. The number of thiazole rings is 1. The molecule has 1 aromatic heterocycles. The van der Waals surface area contributed by atoms with E-state index in [0.717, 1.165) is 9.90 Å². The topological polar surface area (TPSA) is 124 Å². The average molecular weight is 434 g/mol. The fourth-order valence-corrected chi connectivity index (χ4v) is 4.98. The van der Waals surface area contributed by atoms with E-state index < -0.39 is 11.8 Å². The van der Waals surface area contributed by atoms with Crippen molar-refractivity contribution in [2.75, 3.05) is 29.3 Å². The number of ether oxygens (including phenoxy) is 2. The van der Waals surface area contributed by atoms with Gasteiger partial charge in [0.1, 0.15) is 0 Å². The highest BCUT2D eigenvalue weighted by Crippen LogP contribution is 2.37. The zero-order valence-corrected chi connectivity index (χ0v) is 17.1. The first kappa shape index (κ1) is 19.5. The van der Waals surface area contributed by atoms with Gasteiger partial charge in [0.05, 0.1) is 21.6 Å². The first-order chi connectivity index (χ1) is 13.9. The normalized spacial score (nSPS) is 17.6. The third-order valence-electron chi connectivity index (χ3n) is 4.49. The number of fused-ring (bicyclic) bond motifs is 1. The molecule has 1 fully saturated rings. The second-order valence-electron chi connectivity index (χ2n) is 6.58. The Labute approximate surface area is 174 Å². The van der Waals surface area contributed by atoms with Crippen molar-refractivity contribution in [3.63, 3.8) is 0 Å². The average Bonchev–Trinajstić information content (AvgIpc) is 3.37. The second-order valence-corrected chi connectivity index (χ2v) is 8.82. The maximum absolute atomic E-state index is 12.7. The smallest absolute Gasteiger partial charge is 0.231 e.